The summed E-state index contributed by atoms with van der Waals surface area (Å²) in [5.41, 5.74) is -0.919. The van der Waals surface area contributed by atoms with Gasteiger partial charge in [0, 0.05) is 24.7 Å². The fourth-order valence-electron chi connectivity index (χ4n) is 4.69. The van der Waals surface area contributed by atoms with E-state index >= 15 is 0 Å². The summed E-state index contributed by atoms with van der Waals surface area (Å²) < 4.78 is 5.49. The molecule has 174 valence electrons. The van der Waals surface area contributed by atoms with Gasteiger partial charge in [-0.3, -0.25) is 4.99 Å². The normalized spacial score (nSPS) is 25.6. The molecule has 0 aromatic carbocycles. The molecule has 2 fully saturated rings. The van der Waals surface area contributed by atoms with Gasteiger partial charge in [-0.15, -0.1) is 0 Å². The average Bonchev–Trinajstić information content (AvgIpc) is 2.64. The maximum Gasteiger partial charge on any atom is 0.408 e. The van der Waals surface area contributed by atoms with E-state index in [4.69, 9.17) is 9.73 Å². The summed E-state index contributed by atoms with van der Waals surface area (Å²) in [6.07, 6.45) is 7.50. The van der Waals surface area contributed by atoms with Crippen molar-refractivity contribution in [1.29, 1.82) is 0 Å². The first-order valence-electron chi connectivity index (χ1n) is 11.9. The largest absolute Gasteiger partial charge is 0.444 e. The quantitative estimate of drug-likeness (QED) is 0.430. The van der Waals surface area contributed by atoms with Crippen LogP contribution < -0.4 is 16.0 Å². The average molecular weight is 424 g/mol. The number of piperidine rings is 2. The van der Waals surface area contributed by atoms with Crippen LogP contribution in [0.4, 0.5) is 4.79 Å². The summed E-state index contributed by atoms with van der Waals surface area (Å²) >= 11 is 0. The van der Waals surface area contributed by atoms with Crippen molar-refractivity contribution in [3.05, 3.63) is 0 Å². The molecule has 2 heterocycles. The summed E-state index contributed by atoms with van der Waals surface area (Å²) in [4.78, 5) is 19.9. The number of aliphatic imine (C=N–C) groups is 1. The van der Waals surface area contributed by atoms with Gasteiger partial charge in [0.15, 0.2) is 5.96 Å². The highest BCUT2D eigenvalue weighted by molar-refractivity contribution is 5.80. The number of hydrogen-bond donors (Lipinski definition) is 3. The number of fused-ring (bicyclic) bond motifs is 2. The van der Waals surface area contributed by atoms with Crippen molar-refractivity contribution in [2.45, 2.75) is 116 Å². The molecule has 30 heavy (non-hydrogen) atoms. The molecule has 2 aliphatic heterocycles. The lowest BCUT2D eigenvalue weighted by Crippen LogP contribution is -2.57. The second kappa shape index (κ2) is 10.7. The molecule has 0 aromatic rings. The number of guanidine groups is 1. The Bertz CT molecular complexity index is 569. The smallest absolute Gasteiger partial charge is 0.408 e. The lowest BCUT2D eigenvalue weighted by atomic mass is 9.82. The number of nitrogens with one attached hydrogen (secondary N) is 3. The van der Waals surface area contributed by atoms with Gasteiger partial charge in [-0.25, -0.2) is 4.79 Å². The number of carbonyl (C=O) groups is 1. The van der Waals surface area contributed by atoms with Gasteiger partial charge in [-0.05, 0) is 73.3 Å². The van der Waals surface area contributed by atoms with Crippen LogP contribution in [0.2, 0.25) is 0 Å². The Kier molecular flexibility index (Phi) is 8.83. The molecule has 0 radical (unpaired) electrons. The molecule has 2 rings (SSSR count). The van der Waals surface area contributed by atoms with E-state index in [-0.39, 0.29) is 6.09 Å². The highest BCUT2D eigenvalue weighted by atomic mass is 16.6. The second-order valence-corrected chi connectivity index (χ2v) is 10.0. The van der Waals surface area contributed by atoms with Gasteiger partial charge in [0.2, 0.25) is 0 Å². The van der Waals surface area contributed by atoms with Gasteiger partial charge in [0.25, 0.3) is 0 Å². The molecule has 7 heteroatoms. The molecule has 0 spiro atoms. The van der Waals surface area contributed by atoms with Crippen molar-refractivity contribution in [1.82, 2.24) is 20.9 Å². The first-order chi connectivity index (χ1) is 14.1. The van der Waals surface area contributed by atoms with E-state index in [1.807, 2.05) is 20.8 Å². The van der Waals surface area contributed by atoms with Gasteiger partial charge in [-0.2, -0.15) is 0 Å². The van der Waals surface area contributed by atoms with Crippen molar-refractivity contribution in [2.24, 2.45) is 4.99 Å². The lowest BCUT2D eigenvalue weighted by Gasteiger charge is -2.47. The maximum atomic E-state index is 12.4. The zero-order valence-corrected chi connectivity index (χ0v) is 20.3. The number of rotatable bonds is 7. The van der Waals surface area contributed by atoms with Crippen LogP contribution in [0.5, 0.6) is 0 Å². The number of nitrogens with zero attached hydrogens (tertiary/aromatic N) is 2. The number of carbonyl (C=O) groups excluding carboxylic acids is 1. The lowest BCUT2D eigenvalue weighted by molar-refractivity contribution is 0.0451. The summed E-state index contributed by atoms with van der Waals surface area (Å²) in [5.74, 6) is 0.849. The molecule has 0 aliphatic carbocycles. The predicted octanol–water partition coefficient (Wildman–Crippen LogP) is 3.64. The standard InChI is InChI=1S/C23H45N5O2/c1-8-23(9-2,27-21(29)30-22(4,5)6)16-25-20(24-10-3)26-17-14-18-12-11-13-19(15-17)28(18)7/h17-19H,8-16H2,1-7H3,(H,27,29)(H2,24,25,26). The Labute approximate surface area is 183 Å². The van der Waals surface area contributed by atoms with Gasteiger partial charge < -0.3 is 25.6 Å². The van der Waals surface area contributed by atoms with E-state index in [0.29, 0.717) is 24.7 Å². The van der Waals surface area contributed by atoms with E-state index < -0.39 is 11.1 Å². The van der Waals surface area contributed by atoms with Crippen LogP contribution in [0.15, 0.2) is 4.99 Å². The Hall–Kier alpha value is -1.50. The van der Waals surface area contributed by atoms with Crippen LogP contribution >= 0.6 is 0 Å². The van der Waals surface area contributed by atoms with E-state index in [9.17, 15) is 4.79 Å². The number of amides is 1. The molecular weight excluding hydrogens is 378 g/mol. The Morgan fingerprint density at radius 3 is 2.20 bits per heavy atom. The summed E-state index contributed by atoms with van der Waals surface area (Å²) in [7, 11) is 2.28. The van der Waals surface area contributed by atoms with Crippen molar-refractivity contribution in [3.63, 3.8) is 0 Å². The zero-order chi connectivity index (χ0) is 22.4. The van der Waals surface area contributed by atoms with E-state index in [1.54, 1.807) is 0 Å². The van der Waals surface area contributed by atoms with E-state index in [2.05, 4.69) is 48.7 Å². The van der Waals surface area contributed by atoms with Crippen molar-refractivity contribution < 1.29 is 9.53 Å². The number of ether oxygens (including phenoxy) is 1. The fraction of sp³-hybridized carbons (Fsp3) is 0.913. The molecule has 2 atom stereocenters. The maximum absolute atomic E-state index is 12.4. The molecular formula is C23H45N5O2. The Balaban J connectivity index is 2.04. The topological polar surface area (TPSA) is 78.0 Å². The minimum atomic E-state index is -0.511. The van der Waals surface area contributed by atoms with Crippen LogP contribution in [0.25, 0.3) is 0 Å². The summed E-state index contributed by atoms with van der Waals surface area (Å²) in [5, 5.41) is 10.2. The number of hydrogen-bond acceptors (Lipinski definition) is 4. The van der Waals surface area contributed by atoms with Crippen molar-refractivity contribution in [3.8, 4) is 0 Å². The molecule has 0 aromatic heterocycles. The van der Waals surface area contributed by atoms with Crippen LogP contribution in [-0.4, -0.2) is 66.4 Å². The highest BCUT2D eigenvalue weighted by Gasteiger charge is 2.36. The number of alkyl carbamates (subject to hydrolysis) is 1. The van der Waals surface area contributed by atoms with Crippen LogP contribution in [0.3, 0.4) is 0 Å². The van der Waals surface area contributed by atoms with Gasteiger partial charge in [-0.1, -0.05) is 20.3 Å². The van der Waals surface area contributed by atoms with Crippen molar-refractivity contribution >= 4 is 12.1 Å². The van der Waals surface area contributed by atoms with Crippen molar-refractivity contribution in [2.75, 3.05) is 20.1 Å². The minimum Gasteiger partial charge on any atom is -0.444 e. The predicted molar refractivity (Wildman–Crippen MR) is 124 cm³/mol. The molecule has 0 saturated carbocycles. The van der Waals surface area contributed by atoms with Crippen LogP contribution in [0.1, 0.15) is 86.5 Å². The molecule has 1 amide bonds. The third-order valence-corrected chi connectivity index (χ3v) is 6.68. The van der Waals surface area contributed by atoms with Crippen LogP contribution in [-0.2, 0) is 4.74 Å². The van der Waals surface area contributed by atoms with E-state index in [1.165, 1.54) is 32.1 Å². The molecule has 2 saturated heterocycles. The third kappa shape index (κ3) is 7.03. The monoisotopic (exact) mass is 423 g/mol. The third-order valence-electron chi connectivity index (χ3n) is 6.68. The highest BCUT2D eigenvalue weighted by Crippen LogP contribution is 2.32. The Morgan fingerprint density at radius 1 is 1.10 bits per heavy atom. The molecule has 7 nitrogen and oxygen atoms in total. The first-order valence-corrected chi connectivity index (χ1v) is 11.9. The zero-order valence-electron chi connectivity index (χ0n) is 20.3. The summed E-state index contributed by atoms with van der Waals surface area (Å²) in [6.45, 7) is 13.3. The molecule has 2 bridgehead atoms. The molecule has 2 aliphatic rings. The second-order valence-electron chi connectivity index (χ2n) is 10.0. The molecule has 3 N–H and O–H groups in total. The fourth-order valence-corrected chi connectivity index (χ4v) is 4.69. The summed E-state index contributed by atoms with van der Waals surface area (Å²) in [6, 6.07) is 1.81. The van der Waals surface area contributed by atoms with E-state index in [0.717, 1.165) is 25.3 Å². The first kappa shape index (κ1) is 24.8. The SMILES string of the molecule is CCNC(=NCC(CC)(CC)NC(=O)OC(C)(C)C)NC1CC2CCCC(C1)N2C. The van der Waals surface area contributed by atoms with Gasteiger partial charge in [0.1, 0.15) is 5.60 Å². The van der Waals surface area contributed by atoms with Gasteiger partial charge >= 0.3 is 6.09 Å². The van der Waals surface area contributed by atoms with Crippen LogP contribution in [0, 0.1) is 0 Å². The minimum absolute atomic E-state index is 0.373. The van der Waals surface area contributed by atoms with Gasteiger partial charge in [0.05, 0.1) is 12.1 Å². The molecule has 2 unspecified atom stereocenters. The Morgan fingerprint density at radius 2 is 1.70 bits per heavy atom.